The summed E-state index contributed by atoms with van der Waals surface area (Å²) in [7, 11) is 0. The van der Waals surface area contributed by atoms with Crippen LogP contribution < -0.4 is 9.47 Å². The molecule has 1 saturated heterocycles. The Labute approximate surface area is 174 Å². The molecule has 1 aromatic carbocycles. The molecule has 0 aromatic heterocycles. The summed E-state index contributed by atoms with van der Waals surface area (Å²) in [6.07, 6.45) is 3.16. The van der Waals surface area contributed by atoms with Crippen molar-refractivity contribution in [1.29, 1.82) is 0 Å². The number of hydrogen-bond donors (Lipinski definition) is 1. The van der Waals surface area contributed by atoms with Crippen molar-refractivity contribution in [3.63, 3.8) is 0 Å². The van der Waals surface area contributed by atoms with Crippen LogP contribution in [-0.2, 0) is 11.8 Å². The van der Waals surface area contributed by atoms with Crippen molar-refractivity contribution >= 4 is 0 Å². The summed E-state index contributed by atoms with van der Waals surface area (Å²) in [4.78, 5) is 2.53. The van der Waals surface area contributed by atoms with E-state index in [0.29, 0.717) is 0 Å². The van der Waals surface area contributed by atoms with Crippen LogP contribution in [0, 0.1) is 0 Å². The third-order valence-corrected chi connectivity index (χ3v) is 7.67. The molecule has 4 nitrogen and oxygen atoms in total. The minimum absolute atomic E-state index is 0.0149. The van der Waals surface area contributed by atoms with Crippen LogP contribution in [0.2, 0.25) is 0 Å². The van der Waals surface area contributed by atoms with Crippen molar-refractivity contribution < 1.29 is 14.6 Å². The van der Waals surface area contributed by atoms with Crippen LogP contribution in [0.15, 0.2) is 24.3 Å². The lowest BCUT2D eigenvalue weighted by Gasteiger charge is -2.65. The minimum Gasteiger partial charge on any atom is -0.484 e. The molecule has 1 spiro atoms. The lowest BCUT2D eigenvalue weighted by molar-refractivity contribution is -0.189. The molecule has 1 aromatic rings. The van der Waals surface area contributed by atoms with Crippen LogP contribution in [0.1, 0.15) is 71.9 Å². The van der Waals surface area contributed by atoms with E-state index in [1.807, 2.05) is 0 Å². The van der Waals surface area contributed by atoms with E-state index >= 15 is 0 Å². The minimum atomic E-state index is -0.803. The second kappa shape index (κ2) is 5.59. The average Bonchev–Trinajstić information content (AvgIpc) is 2.92. The van der Waals surface area contributed by atoms with E-state index in [2.05, 4.69) is 65.2 Å². The zero-order valence-electron chi connectivity index (χ0n) is 18.8. The van der Waals surface area contributed by atoms with Gasteiger partial charge in [0, 0.05) is 23.7 Å². The average molecular weight is 398 g/mol. The van der Waals surface area contributed by atoms with E-state index in [1.54, 1.807) is 0 Å². The Morgan fingerprint density at radius 1 is 1.17 bits per heavy atom. The third kappa shape index (κ3) is 2.39. The number of hydrogen-bond acceptors (Lipinski definition) is 4. The van der Waals surface area contributed by atoms with Gasteiger partial charge in [-0.2, -0.15) is 0 Å². The van der Waals surface area contributed by atoms with Crippen molar-refractivity contribution in [2.45, 2.75) is 102 Å². The Morgan fingerprint density at radius 3 is 2.55 bits per heavy atom. The largest absolute Gasteiger partial charge is 0.484 e. The molecule has 2 heterocycles. The second-order valence-corrected chi connectivity index (χ2v) is 11.5. The van der Waals surface area contributed by atoms with Gasteiger partial charge in [0.2, 0.25) is 0 Å². The first kappa shape index (κ1) is 19.4. The Morgan fingerprint density at radius 2 is 1.90 bits per heavy atom. The molecule has 4 heteroatoms. The van der Waals surface area contributed by atoms with Crippen molar-refractivity contribution in [3.05, 3.63) is 35.4 Å². The lowest BCUT2D eigenvalue weighted by atomic mass is 9.48. The summed E-state index contributed by atoms with van der Waals surface area (Å²) >= 11 is 0. The molecule has 1 saturated carbocycles. The molecule has 1 N–H and O–H groups in total. The molecule has 29 heavy (non-hydrogen) atoms. The van der Waals surface area contributed by atoms with Gasteiger partial charge >= 0.3 is 0 Å². The number of piperidine rings is 1. The quantitative estimate of drug-likeness (QED) is 0.715. The molecular formula is C25H35NO3. The molecule has 0 radical (unpaired) electrons. The zero-order chi connectivity index (χ0) is 21.0. The van der Waals surface area contributed by atoms with E-state index in [4.69, 9.17) is 9.47 Å². The highest BCUT2D eigenvalue weighted by Gasteiger charge is 2.72. The molecule has 158 valence electrons. The fourth-order valence-corrected chi connectivity index (χ4v) is 6.66. The number of aliphatic hydroxyl groups is 1. The van der Waals surface area contributed by atoms with E-state index in [-0.39, 0.29) is 23.3 Å². The van der Waals surface area contributed by atoms with Gasteiger partial charge in [-0.15, -0.1) is 0 Å². The maximum Gasteiger partial charge on any atom is 0.166 e. The predicted molar refractivity (Wildman–Crippen MR) is 115 cm³/mol. The molecule has 4 atom stereocenters. The maximum absolute atomic E-state index is 12.4. The van der Waals surface area contributed by atoms with Gasteiger partial charge in [0.05, 0.1) is 11.0 Å². The van der Waals surface area contributed by atoms with Gasteiger partial charge < -0.3 is 14.6 Å². The Kier molecular flexibility index (Phi) is 3.74. The van der Waals surface area contributed by atoms with Crippen LogP contribution in [0.5, 0.6) is 11.5 Å². The first-order valence-electron chi connectivity index (χ1n) is 11.1. The Bertz CT molecular complexity index is 893. The summed E-state index contributed by atoms with van der Waals surface area (Å²) in [5.74, 6) is 1.65. The molecule has 2 bridgehead atoms. The fourth-order valence-electron chi connectivity index (χ4n) is 6.66. The summed E-state index contributed by atoms with van der Waals surface area (Å²) in [6.45, 7) is 18.3. The molecule has 4 aliphatic rings. The first-order valence-corrected chi connectivity index (χ1v) is 11.1. The first-order chi connectivity index (χ1) is 13.4. The van der Waals surface area contributed by atoms with Crippen molar-refractivity contribution in [3.8, 4) is 11.5 Å². The van der Waals surface area contributed by atoms with Gasteiger partial charge in [0.15, 0.2) is 11.5 Å². The summed E-state index contributed by atoms with van der Waals surface area (Å²) in [5.41, 5.74) is 2.13. The monoisotopic (exact) mass is 397 g/mol. The Balaban J connectivity index is 1.74. The van der Waals surface area contributed by atoms with Crippen molar-refractivity contribution in [1.82, 2.24) is 4.90 Å². The molecule has 5 rings (SSSR count). The Hall–Kier alpha value is -1.52. The lowest BCUT2D eigenvalue weighted by Crippen LogP contribution is -2.77. The SMILES string of the molecule is C=C1CC[C@@]2(O)[C@H]3Cc4ccc(OC(C)(C)C)c5c4[C@@]2(CCN3C(C)(C)C)[C@H]1O5. The predicted octanol–water partition coefficient (Wildman–Crippen LogP) is 4.37. The highest BCUT2D eigenvalue weighted by Crippen LogP contribution is 2.66. The standard InChI is InChI=1S/C25H35NO3/c1-15-10-11-25(27)18-14-16-8-9-17(29-23(5,6)7)20-19(16)24(25,21(15)28-20)12-13-26(18)22(2,3)4/h8-9,18,21,27H,1,10-14H2,2-7H3/t18-,21+,24+,25-/m1/s1. The number of likely N-dealkylation sites (tertiary alicyclic amines) is 1. The van der Waals surface area contributed by atoms with Gasteiger partial charge in [-0.25, -0.2) is 0 Å². The summed E-state index contributed by atoms with van der Waals surface area (Å²) in [6, 6.07) is 4.38. The summed E-state index contributed by atoms with van der Waals surface area (Å²) < 4.78 is 12.9. The summed E-state index contributed by atoms with van der Waals surface area (Å²) in [5, 5.41) is 12.4. The second-order valence-electron chi connectivity index (χ2n) is 11.5. The van der Waals surface area contributed by atoms with Crippen molar-refractivity contribution in [2.75, 3.05) is 6.54 Å². The molecule has 2 aliphatic heterocycles. The number of ether oxygens (including phenoxy) is 2. The van der Waals surface area contributed by atoms with Gasteiger partial charge in [0.1, 0.15) is 11.7 Å². The van der Waals surface area contributed by atoms with Gasteiger partial charge in [-0.3, -0.25) is 4.90 Å². The maximum atomic E-state index is 12.4. The number of rotatable bonds is 1. The zero-order valence-corrected chi connectivity index (χ0v) is 18.8. The number of benzene rings is 1. The van der Waals surface area contributed by atoms with E-state index in [0.717, 1.165) is 49.3 Å². The van der Waals surface area contributed by atoms with Crippen molar-refractivity contribution in [2.24, 2.45) is 0 Å². The molecule has 0 amide bonds. The fraction of sp³-hybridized carbons (Fsp3) is 0.680. The van der Waals surface area contributed by atoms with Crippen LogP contribution >= 0.6 is 0 Å². The van der Waals surface area contributed by atoms with Crippen LogP contribution in [-0.4, -0.2) is 45.4 Å². The van der Waals surface area contributed by atoms with Crippen LogP contribution in [0.25, 0.3) is 0 Å². The molecule has 2 aliphatic carbocycles. The molecule has 2 fully saturated rings. The van der Waals surface area contributed by atoms with E-state index in [9.17, 15) is 5.11 Å². The number of nitrogens with zero attached hydrogens (tertiary/aromatic N) is 1. The highest BCUT2D eigenvalue weighted by atomic mass is 16.5. The molecule has 0 unspecified atom stereocenters. The smallest absolute Gasteiger partial charge is 0.166 e. The van der Waals surface area contributed by atoms with Gasteiger partial charge in [-0.1, -0.05) is 12.6 Å². The van der Waals surface area contributed by atoms with E-state index < -0.39 is 11.0 Å². The van der Waals surface area contributed by atoms with Gasteiger partial charge in [-0.05, 0) is 84.4 Å². The topological polar surface area (TPSA) is 41.9 Å². The third-order valence-electron chi connectivity index (χ3n) is 7.67. The highest BCUT2D eigenvalue weighted by molar-refractivity contribution is 5.64. The van der Waals surface area contributed by atoms with Crippen LogP contribution in [0.3, 0.4) is 0 Å². The van der Waals surface area contributed by atoms with Crippen LogP contribution in [0.4, 0.5) is 0 Å². The van der Waals surface area contributed by atoms with E-state index in [1.165, 1.54) is 11.1 Å². The normalized spacial score (nSPS) is 35.9. The molecular weight excluding hydrogens is 362 g/mol. The van der Waals surface area contributed by atoms with Gasteiger partial charge in [0.25, 0.3) is 0 Å².